The van der Waals surface area contributed by atoms with Crippen LogP contribution in [0, 0.1) is 5.82 Å². The molecule has 0 saturated carbocycles. The van der Waals surface area contributed by atoms with Crippen molar-refractivity contribution in [1.82, 2.24) is 4.98 Å². The highest BCUT2D eigenvalue weighted by Crippen LogP contribution is 2.42. The second-order valence-corrected chi connectivity index (χ2v) is 9.75. The van der Waals surface area contributed by atoms with Gasteiger partial charge < -0.3 is 5.73 Å². The molecular weight excluding hydrogens is 371 g/mol. The predicted octanol–water partition coefficient (Wildman–Crippen LogP) is 2.59. The number of amidine groups is 1. The fourth-order valence-corrected chi connectivity index (χ4v) is 6.37. The molecule has 1 aromatic heterocycles. The first-order chi connectivity index (χ1) is 10.2. The van der Waals surface area contributed by atoms with E-state index in [1.807, 2.05) is 6.92 Å². The SMILES string of the molecule is C[C@@]12CCCN=[S@]1(=O)C[C@@](C)(c1nc(Br)ccc1F)N=C2N. The Hall–Kier alpha value is -1.02. The Bertz CT molecular complexity index is 789. The summed E-state index contributed by atoms with van der Waals surface area (Å²) in [6, 6.07) is 2.84. The molecule has 0 radical (unpaired) electrons. The first-order valence-electron chi connectivity index (χ1n) is 7.09. The van der Waals surface area contributed by atoms with E-state index in [0.717, 1.165) is 6.42 Å². The van der Waals surface area contributed by atoms with Gasteiger partial charge in [0.05, 0.1) is 15.5 Å². The molecule has 0 aliphatic carbocycles. The molecule has 1 aromatic rings. The largest absolute Gasteiger partial charge is 0.386 e. The molecule has 2 aliphatic rings. The van der Waals surface area contributed by atoms with E-state index in [1.165, 1.54) is 12.1 Å². The summed E-state index contributed by atoms with van der Waals surface area (Å²) in [6.07, 6.45) is 1.53. The summed E-state index contributed by atoms with van der Waals surface area (Å²) in [4.78, 5) is 8.73. The minimum atomic E-state index is -2.62. The lowest BCUT2D eigenvalue weighted by molar-refractivity contribution is 0.462. The maximum atomic E-state index is 14.3. The molecule has 0 amide bonds. The van der Waals surface area contributed by atoms with E-state index in [4.69, 9.17) is 5.73 Å². The lowest BCUT2D eigenvalue weighted by atomic mass is 9.96. The summed E-state index contributed by atoms with van der Waals surface area (Å²) in [7, 11) is -2.62. The van der Waals surface area contributed by atoms with E-state index in [0.29, 0.717) is 17.6 Å². The molecule has 2 N–H and O–H groups in total. The molecule has 8 heteroatoms. The molecule has 5 nitrogen and oxygen atoms in total. The van der Waals surface area contributed by atoms with Gasteiger partial charge in [0.1, 0.15) is 32.2 Å². The fourth-order valence-electron chi connectivity index (χ4n) is 3.14. The highest BCUT2D eigenvalue weighted by Gasteiger charge is 2.51. The Morgan fingerprint density at radius 3 is 2.86 bits per heavy atom. The lowest BCUT2D eigenvalue weighted by Gasteiger charge is -2.43. The van der Waals surface area contributed by atoms with Gasteiger partial charge in [-0.15, -0.1) is 0 Å². The van der Waals surface area contributed by atoms with E-state index in [9.17, 15) is 8.60 Å². The predicted molar refractivity (Wildman–Crippen MR) is 88.8 cm³/mol. The molecule has 0 unspecified atom stereocenters. The minimum Gasteiger partial charge on any atom is -0.386 e. The van der Waals surface area contributed by atoms with Gasteiger partial charge in [0.25, 0.3) is 0 Å². The van der Waals surface area contributed by atoms with E-state index in [2.05, 4.69) is 30.3 Å². The van der Waals surface area contributed by atoms with Crippen LogP contribution < -0.4 is 5.73 Å². The molecule has 3 atom stereocenters. The molecule has 22 heavy (non-hydrogen) atoms. The number of aliphatic imine (C=N–C) groups is 1. The van der Waals surface area contributed by atoms with Crippen molar-refractivity contribution < 1.29 is 8.60 Å². The van der Waals surface area contributed by atoms with Crippen molar-refractivity contribution >= 4 is 31.5 Å². The van der Waals surface area contributed by atoms with Crippen LogP contribution in [-0.2, 0) is 15.3 Å². The Balaban J connectivity index is 2.22. The van der Waals surface area contributed by atoms with Gasteiger partial charge in [-0.05, 0) is 54.8 Å². The molecule has 0 fully saturated rings. The van der Waals surface area contributed by atoms with Crippen LogP contribution in [0.4, 0.5) is 4.39 Å². The molecule has 0 spiro atoms. The average molecular weight is 389 g/mol. The van der Waals surface area contributed by atoms with Crippen LogP contribution in [0.1, 0.15) is 32.4 Å². The monoisotopic (exact) mass is 388 g/mol. The number of rotatable bonds is 1. The Labute approximate surface area is 137 Å². The van der Waals surface area contributed by atoms with Crippen molar-refractivity contribution in [3.05, 3.63) is 28.2 Å². The third kappa shape index (κ3) is 2.19. The first kappa shape index (κ1) is 15.9. The zero-order valence-corrected chi connectivity index (χ0v) is 14.9. The van der Waals surface area contributed by atoms with E-state index in [-0.39, 0.29) is 17.3 Å². The summed E-state index contributed by atoms with van der Waals surface area (Å²) in [5.74, 6) is -0.0575. The summed E-state index contributed by atoms with van der Waals surface area (Å²) < 4.78 is 31.8. The van der Waals surface area contributed by atoms with Crippen LogP contribution in [0.3, 0.4) is 0 Å². The molecule has 120 valence electrons. The fraction of sp³-hybridized carbons (Fsp3) is 0.571. The van der Waals surface area contributed by atoms with Crippen molar-refractivity contribution in [3.63, 3.8) is 0 Å². The Morgan fingerprint density at radius 2 is 2.14 bits per heavy atom. The molecule has 0 aromatic carbocycles. The number of pyridine rings is 1. The normalized spacial score (nSPS) is 37.9. The Morgan fingerprint density at radius 1 is 1.41 bits per heavy atom. The van der Waals surface area contributed by atoms with Crippen LogP contribution in [0.15, 0.2) is 26.1 Å². The Kier molecular flexibility index (Phi) is 3.60. The average Bonchev–Trinajstić information content (AvgIpc) is 2.43. The number of nitrogens with two attached hydrogens (primary N) is 1. The van der Waals surface area contributed by atoms with Gasteiger partial charge in [0.15, 0.2) is 0 Å². The van der Waals surface area contributed by atoms with Crippen LogP contribution in [0.5, 0.6) is 0 Å². The highest BCUT2D eigenvalue weighted by atomic mass is 79.9. The number of halogens is 2. The van der Waals surface area contributed by atoms with Crippen LogP contribution in [0.25, 0.3) is 0 Å². The number of hydrogen-bond acceptors (Lipinski definition) is 5. The standard InChI is InChI=1S/C14H18BrFN4OS/c1-13(11-9(16)4-5-10(15)19-11)8-22(21)14(2,12(17)20-13)6-3-7-18-22/h4-5H,3,6-8H2,1-2H3,(H2,17,20)/t13-,14-,22-/m0/s1. The topological polar surface area (TPSA) is 80.7 Å². The van der Waals surface area contributed by atoms with E-state index < -0.39 is 25.8 Å². The third-order valence-electron chi connectivity index (χ3n) is 4.52. The number of nitrogens with zero attached hydrogens (tertiary/aromatic N) is 3. The van der Waals surface area contributed by atoms with Crippen molar-refractivity contribution in [1.29, 1.82) is 0 Å². The molecule has 0 saturated heterocycles. The maximum Gasteiger partial charge on any atom is 0.147 e. The molecule has 2 aliphatic heterocycles. The van der Waals surface area contributed by atoms with Gasteiger partial charge in [-0.2, -0.15) is 0 Å². The molecule has 3 heterocycles. The lowest BCUT2D eigenvalue weighted by Crippen LogP contribution is -2.57. The number of hydrogen-bond donors (Lipinski definition) is 1. The molecular formula is C14H18BrFN4OS. The zero-order valence-electron chi connectivity index (χ0n) is 12.5. The van der Waals surface area contributed by atoms with Crippen molar-refractivity contribution in [2.75, 3.05) is 12.3 Å². The van der Waals surface area contributed by atoms with Crippen molar-refractivity contribution in [2.45, 2.75) is 37.0 Å². The van der Waals surface area contributed by atoms with Crippen LogP contribution in [0.2, 0.25) is 0 Å². The van der Waals surface area contributed by atoms with Gasteiger partial charge in [-0.1, -0.05) is 0 Å². The summed E-state index contributed by atoms with van der Waals surface area (Å²) >= 11 is 3.24. The van der Waals surface area contributed by atoms with Gasteiger partial charge in [0.2, 0.25) is 0 Å². The van der Waals surface area contributed by atoms with E-state index >= 15 is 0 Å². The van der Waals surface area contributed by atoms with Gasteiger partial charge in [-0.25, -0.2) is 17.9 Å². The van der Waals surface area contributed by atoms with Gasteiger partial charge >= 0.3 is 0 Å². The van der Waals surface area contributed by atoms with Crippen molar-refractivity contribution in [2.24, 2.45) is 15.1 Å². The second kappa shape index (κ2) is 4.99. The van der Waals surface area contributed by atoms with Crippen LogP contribution in [-0.4, -0.2) is 32.1 Å². The zero-order chi connectivity index (χ0) is 16.2. The first-order valence-corrected chi connectivity index (χ1v) is 9.56. The summed E-state index contributed by atoms with van der Waals surface area (Å²) in [5, 5.41) is 0. The number of fused-ring (bicyclic) bond motifs is 1. The van der Waals surface area contributed by atoms with Crippen molar-refractivity contribution in [3.8, 4) is 0 Å². The quantitative estimate of drug-likeness (QED) is 0.750. The minimum absolute atomic E-state index is 0.136. The summed E-state index contributed by atoms with van der Waals surface area (Å²) in [5.41, 5.74) is 5.23. The summed E-state index contributed by atoms with van der Waals surface area (Å²) in [6.45, 7) is 4.11. The molecule has 0 bridgehead atoms. The van der Waals surface area contributed by atoms with Crippen LogP contribution >= 0.6 is 15.9 Å². The molecule has 3 rings (SSSR count). The van der Waals surface area contributed by atoms with Gasteiger partial charge in [0, 0.05) is 6.54 Å². The third-order valence-corrected chi connectivity index (χ3v) is 8.34. The second-order valence-electron chi connectivity index (χ2n) is 6.21. The number of aromatic nitrogens is 1. The maximum absolute atomic E-state index is 14.3. The highest BCUT2D eigenvalue weighted by molar-refractivity contribution is 9.10. The smallest absolute Gasteiger partial charge is 0.147 e. The van der Waals surface area contributed by atoms with E-state index in [1.54, 1.807) is 6.92 Å². The van der Waals surface area contributed by atoms with Gasteiger partial charge in [-0.3, -0.25) is 4.99 Å².